The topological polar surface area (TPSA) is 49.4 Å². The molecule has 0 bridgehead atoms. The van der Waals surface area contributed by atoms with Crippen LogP contribution in [0.2, 0.25) is 0 Å². The van der Waals surface area contributed by atoms with E-state index in [1.165, 1.54) is 0 Å². The van der Waals surface area contributed by atoms with Crippen molar-refractivity contribution in [3.63, 3.8) is 0 Å². The van der Waals surface area contributed by atoms with E-state index >= 15 is 0 Å². The van der Waals surface area contributed by atoms with Crippen LogP contribution in [-0.4, -0.2) is 28.8 Å². The Morgan fingerprint density at radius 1 is 0.885 bits per heavy atom. The average molecular weight is 350 g/mol. The third kappa shape index (κ3) is 3.96. The quantitative estimate of drug-likeness (QED) is 0.921. The molecule has 0 saturated carbocycles. The van der Waals surface area contributed by atoms with Gasteiger partial charge in [-0.15, -0.1) is 0 Å². The van der Waals surface area contributed by atoms with Crippen molar-refractivity contribution in [2.75, 3.05) is 0 Å². The molecule has 1 N–H and O–H groups in total. The van der Waals surface area contributed by atoms with Crippen LogP contribution in [-0.2, 0) is 22.6 Å². The van der Waals surface area contributed by atoms with E-state index in [4.69, 9.17) is 0 Å². The van der Waals surface area contributed by atoms with E-state index in [1.54, 1.807) is 4.90 Å². The van der Waals surface area contributed by atoms with Crippen molar-refractivity contribution in [2.45, 2.75) is 45.8 Å². The average Bonchev–Trinajstić information content (AvgIpc) is 2.60. The third-order valence-corrected chi connectivity index (χ3v) is 4.76. The summed E-state index contributed by atoms with van der Waals surface area (Å²) < 4.78 is 0. The molecule has 0 aromatic heterocycles. The van der Waals surface area contributed by atoms with Crippen LogP contribution in [0, 0.1) is 5.41 Å². The number of nitrogens with zero attached hydrogens (tertiary/aromatic N) is 1. The van der Waals surface area contributed by atoms with E-state index in [9.17, 15) is 9.59 Å². The largest absolute Gasteiger partial charge is 0.342 e. The Kier molecular flexibility index (Phi) is 5.12. The van der Waals surface area contributed by atoms with Crippen molar-refractivity contribution in [3.05, 3.63) is 71.8 Å². The minimum Gasteiger partial charge on any atom is -0.342 e. The molecule has 0 spiro atoms. The highest BCUT2D eigenvalue weighted by molar-refractivity contribution is 5.97. The summed E-state index contributed by atoms with van der Waals surface area (Å²) in [6.07, 6.45) is 0.508. The van der Waals surface area contributed by atoms with Crippen LogP contribution in [0.4, 0.5) is 0 Å². The number of nitrogens with one attached hydrogen (secondary N) is 1. The summed E-state index contributed by atoms with van der Waals surface area (Å²) in [6.45, 7) is 6.44. The zero-order chi connectivity index (χ0) is 18.7. The van der Waals surface area contributed by atoms with Gasteiger partial charge in [-0.05, 0) is 16.5 Å². The van der Waals surface area contributed by atoms with Crippen molar-refractivity contribution in [1.29, 1.82) is 0 Å². The van der Waals surface area contributed by atoms with Gasteiger partial charge in [0.25, 0.3) is 0 Å². The molecule has 1 fully saturated rings. The Bertz CT molecular complexity index is 766. The zero-order valence-electron chi connectivity index (χ0n) is 15.6. The van der Waals surface area contributed by atoms with Gasteiger partial charge >= 0.3 is 0 Å². The van der Waals surface area contributed by atoms with Gasteiger partial charge in [-0.1, -0.05) is 81.4 Å². The number of piperazine rings is 1. The summed E-state index contributed by atoms with van der Waals surface area (Å²) in [7, 11) is 0. The molecule has 136 valence electrons. The first kappa shape index (κ1) is 18.2. The summed E-state index contributed by atoms with van der Waals surface area (Å²) in [6, 6.07) is 18.7. The SMILES string of the molecule is CC(C)(C)C1C(=O)NC(Cc2ccccc2)C(=O)N1Cc1ccccc1. The molecule has 2 amide bonds. The first-order valence-corrected chi connectivity index (χ1v) is 9.05. The van der Waals surface area contributed by atoms with Crippen molar-refractivity contribution in [2.24, 2.45) is 5.41 Å². The Labute approximate surface area is 155 Å². The molecule has 3 rings (SSSR count). The first-order valence-electron chi connectivity index (χ1n) is 9.05. The van der Waals surface area contributed by atoms with Gasteiger partial charge in [0.1, 0.15) is 12.1 Å². The number of rotatable bonds is 4. The van der Waals surface area contributed by atoms with Gasteiger partial charge in [0.05, 0.1) is 0 Å². The monoisotopic (exact) mass is 350 g/mol. The van der Waals surface area contributed by atoms with Crippen LogP contribution in [0.15, 0.2) is 60.7 Å². The lowest BCUT2D eigenvalue weighted by atomic mass is 9.82. The number of hydrogen-bond donors (Lipinski definition) is 1. The number of amides is 2. The van der Waals surface area contributed by atoms with Gasteiger partial charge < -0.3 is 10.2 Å². The van der Waals surface area contributed by atoms with E-state index in [-0.39, 0.29) is 17.2 Å². The fraction of sp³-hybridized carbons (Fsp3) is 0.364. The summed E-state index contributed by atoms with van der Waals surface area (Å²) in [5.74, 6) is -0.0915. The predicted octanol–water partition coefficient (Wildman–Crippen LogP) is 3.17. The number of hydrogen-bond acceptors (Lipinski definition) is 2. The van der Waals surface area contributed by atoms with Gasteiger partial charge in [-0.2, -0.15) is 0 Å². The highest BCUT2D eigenvalue weighted by Crippen LogP contribution is 2.29. The Balaban J connectivity index is 1.89. The molecule has 1 aliphatic rings. The van der Waals surface area contributed by atoms with Crippen molar-refractivity contribution < 1.29 is 9.59 Å². The van der Waals surface area contributed by atoms with Crippen molar-refractivity contribution in [3.8, 4) is 0 Å². The maximum atomic E-state index is 13.2. The fourth-order valence-electron chi connectivity index (χ4n) is 3.58. The molecule has 2 unspecified atom stereocenters. The number of carbonyl (C=O) groups excluding carboxylic acids is 2. The van der Waals surface area contributed by atoms with E-state index in [2.05, 4.69) is 5.32 Å². The molecule has 2 aromatic carbocycles. The lowest BCUT2D eigenvalue weighted by Gasteiger charge is -2.44. The molecular weight excluding hydrogens is 324 g/mol. The smallest absolute Gasteiger partial charge is 0.246 e. The lowest BCUT2D eigenvalue weighted by molar-refractivity contribution is -0.154. The molecule has 0 radical (unpaired) electrons. The molecule has 4 heteroatoms. The zero-order valence-corrected chi connectivity index (χ0v) is 15.6. The fourth-order valence-corrected chi connectivity index (χ4v) is 3.58. The molecule has 1 heterocycles. The molecule has 1 aliphatic heterocycles. The van der Waals surface area contributed by atoms with E-state index in [1.807, 2.05) is 81.4 Å². The second-order valence-corrected chi connectivity index (χ2v) is 7.97. The molecule has 2 aromatic rings. The standard InChI is InChI=1S/C22H26N2O2/c1-22(2,3)19-20(25)23-18(14-16-10-6-4-7-11-16)21(26)24(19)15-17-12-8-5-9-13-17/h4-13,18-19H,14-15H2,1-3H3,(H,23,25). The Hall–Kier alpha value is -2.62. The highest BCUT2D eigenvalue weighted by Gasteiger charge is 2.45. The van der Waals surface area contributed by atoms with Crippen molar-refractivity contribution >= 4 is 11.8 Å². The van der Waals surface area contributed by atoms with Crippen LogP contribution < -0.4 is 5.32 Å². The van der Waals surface area contributed by atoms with Crippen LogP contribution in [0.1, 0.15) is 31.9 Å². The van der Waals surface area contributed by atoms with Gasteiger partial charge in [0.15, 0.2) is 0 Å². The molecule has 2 atom stereocenters. The summed E-state index contributed by atoms with van der Waals surface area (Å²) >= 11 is 0. The van der Waals surface area contributed by atoms with Crippen LogP contribution in [0.5, 0.6) is 0 Å². The van der Waals surface area contributed by atoms with Crippen LogP contribution >= 0.6 is 0 Å². The van der Waals surface area contributed by atoms with Gasteiger partial charge in [-0.3, -0.25) is 9.59 Å². The van der Waals surface area contributed by atoms with Crippen LogP contribution in [0.25, 0.3) is 0 Å². The minimum atomic E-state index is -0.521. The highest BCUT2D eigenvalue weighted by atomic mass is 16.2. The van der Waals surface area contributed by atoms with Crippen molar-refractivity contribution in [1.82, 2.24) is 10.2 Å². The first-order chi connectivity index (χ1) is 12.4. The maximum Gasteiger partial charge on any atom is 0.246 e. The molecular formula is C22H26N2O2. The van der Waals surface area contributed by atoms with Crippen LogP contribution in [0.3, 0.4) is 0 Å². The molecule has 26 heavy (non-hydrogen) atoms. The Morgan fingerprint density at radius 2 is 1.42 bits per heavy atom. The summed E-state index contributed by atoms with van der Waals surface area (Å²) in [5, 5.41) is 2.96. The Morgan fingerprint density at radius 3 is 1.96 bits per heavy atom. The predicted molar refractivity (Wildman–Crippen MR) is 102 cm³/mol. The van der Waals surface area contributed by atoms with Gasteiger partial charge in [0.2, 0.25) is 11.8 Å². The summed E-state index contributed by atoms with van der Waals surface area (Å²) in [5.41, 5.74) is 1.73. The molecule has 1 saturated heterocycles. The summed E-state index contributed by atoms with van der Waals surface area (Å²) in [4.78, 5) is 27.9. The number of carbonyl (C=O) groups is 2. The van der Waals surface area contributed by atoms with E-state index < -0.39 is 12.1 Å². The molecule has 0 aliphatic carbocycles. The van der Waals surface area contributed by atoms with Gasteiger partial charge in [-0.25, -0.2) is 0 Å². The van der Waals surface area contributed by atoms with E-state index in [0.717, 1.165) is 11.1 Å². The molecule has 4 nitrogen and oxygen atoms in total. The normalized spacial score (nSPS) is 20.8. The second-order valence-electron chi connectivity index (χ2n) is 7.97. The van der Waals surface area contributed by atoms with E-state index in [0.29, 0.717) is 13.0 Å². The second kappa shape index (κ2) is 7.32. The maximum absolute atomic E-state index is 13.2. The van der Waals surface area contributed by atoms with Gasteiger partial charge in [0, 0.05) is 13.0 Å². The lowest BCUT2D eigenvalue weighted by Crippen LogP contribution is -2.66. The third-order valence-electron chi connectivity index (χ3n) is 4.76. The number of benzene rings is 2. The minimum absolute atomic E-state index is 0.0165.